The summed E-state index contributed by atoms with van der Waals surface area (Å²) in [5, 5.41) is 6.38. The van der Waals surface area contributed by atoms with Gasteiger partial charge in [0.1, 0.15) is 0 Å². The van der Waals surface area contributed by atoms with E-state index in [-0.39, 0.29) is 11.8 Å². The van der Waals surface area contributed by atoms with Crippen LogP contribution < -0.4 is 10.6 Å². The first kappa shape index (κ1) is 11.5. The SMILES string of the molecule is CCCC(C)C(=O)NCC1CCCN1. The molecule has 2 unspecified atom stereocenters. The van der Waals surface area contributed by atoms with Crippen molar-refractivity contribution in [2.75, 3.05) is 13.1 Å². The van der Waals surface area contributed by atoms with Crippen molar-refractivity contribution in [1.82, 2.24) is 10.6 Å². The smallest absolute Gasteiger partial charge is 0.222 e. The normalized spacial score (nSPS) is 23.4. The highest BCUT2D eigenvalue weighted by molar-refractivity contribution is 5.78. The van der Waals surface area contributed by atoms with Crippen molar-refractivity contribution in [1.29, 1.82) is 0 Å². The fourth-order valence-corrected chi connectivity index (χ4v) is 1.89. The Bertz CT molecular complexity index is 176. The van der Waals surface area contributed by atoms with E-state index in [0.29, 0.717) is 6.04 Å². The molecule has 0 saturated carbocycles. The van der Waals surface area contributed by atoms with Gasteiger partial charge in [0, 0.05) is 18.5 Å². The van der Waals surface area contributed by atoms with Crippen LogP contribution in [0.25, 0.3) is 0 Å². The third-order valence-electron chi connectivity index (χ3n) is 2.85. The summed E-state index contributed by atoms with van der Waals surface area (Å²) in [6.45, 7) is 6.02. The largest absolute Gasteiger partial charge is 0.354 e. The van der Waals surface area contributed by atoms with Gasteiger partial charge in [-0.25, -0.2) is 0 Å². The number of hydrogen-bond acceptors (Lipinski definition) is 2. The van der Waals surface area contributed by atoms with Crippen LogP contribution in [0.4, 0.5) is 0 Å². The molecule has 1 heterocycles. The lowest BCUT2D eigenvalue weighted by molar-refractivity contribution is -0.124. The third kappa shape index (κ3) is 3.66. The Balaban J connectivity index is 2.13. The summed E-state index contributed by atoms with van der Waals surface area (Å²) < 4.78 is 0. The van der Waals surface area contributed by atoms with Gasteiger partial charge >= 0.3 is 0 Å². The molecule has 1 rings (SSSR count). The molecule has 1 aliphatic heterocycles. The van der Waals surface area contributed by atoms with Gasteiger partial charge in [0.2, 0.25) is 5.91 Å². The summed E-state index contributed by atoms with van der Waals surface area (Å²) in [7, 11) is 0. The summed E-state index contributed by atoms with van der Waals surface area (Å²) in [5.41, 5.74) is 0. The molecule has 1 saturated heterocycles. The second kappa shape index (κ2) is 6.02. The highest BCUT2D eigenvalue weighted by atomic mass is 16.1. The lowest BCUT2D eigenvalue weighted by atomic mass is 10.1. The van der Waals surface area contributed by atoms with E-state index in [1.165, 1.54) is 12.8 Å². The Morgan fingerprint density at radius 1 is 1.64 bits per heavy atom. The van der Waals surface area contributed by atoms with Crippen LogP contribution in [0, 0.1) is 5.92 Å². The summed E-state index contributed by atoms with van der Waals surface area (Å²) in [6.07, 6.45) is 4.51. The van der Waals surface area contributed by atoms with Gasteiger partial charge in [0.15, 0.2) is 0 Å². The number of hydrogen-bond donors (Lipinski definition) is 2. The monoisotopic (exact) mass is 198 g/mol. The molecule has 1 fully saturated rings. The predicted octanol–water partition coefficient (Wildman–Crippen LogP) is 1.29. The molecule has 3 heteroatoms. The third-order valence-corrected chi connectivity index (χ3v) is 2.85. The molecule has 0 aromatic heterocycles. The van der Waals surface area contributed by atoms with Crippen molar-refractivity contribution in [2.45, 2.75) is 45.6 Å². The van der Waals surface area contributed by atoms with Crippen LogP contribution in [0.2, 0.25) is 0 Å². The minimum atomic E-state index is 0.168. The van der Waals surface area contributed by atoms with Gasteiger partial charge in [-0.3, -0.25) is 4.79 Å². The zero-order valence-corrected chi connectivity index (χ0v) is 9.31. The summed E-state index contributed by atoms with van der Waals surface area (Å²) in [4.78, 5) is 11.6. The minimum Gasteiger partial charge on any atom is -0.354 e. The summed E-state index contributed by atoms with van der Waals surface area (Å²) >= 11 is 0. The molecule has 0 aromatic rings. The van der Waals surface area contributed by atoms with Crippen molar-refractivity contribution < 1.29 is 4.79 Å². The van der Waals surface area contributed by atoms with E-state index in [4.69, 9.17) is 0 Å². The van der Waals surface area contributed by atoms with Crippen molar-refractivity contribution in [3.63, 3.8) is 0 Å². The van der Waals surface area contributed by atoms with Crippen LogP contribution in [0.15, 0.2) is 0 Å². The molecular formula is C11H22N2O. The van der Waals surface area contributed by atoms with Crippen molar-refractivity contribution in [3.05, 3.63) is 0 Å². The van der Waals surface area contributed by atoms with E-state index in [9.17, 15) is 4.79 Å². The van der Waals surface area contributed by atoms with E-state index in [0.717, 1.165) is 25.9 Å². The molecule has 14 heavy (non-hydrogen) atoms. The van der Waals surface area contributed by atoms with E-state index >= 15 is 0 Å². The quantitative estimate of drug-likeness (QED) is 0.699. The van der Waals surface area contributed by atoms with Crippen LogP contribution in [-0.4, -0.2) is 25.0 Å². The molecule has 82 valence electrons. The number of carbonyl (C=O) groups excluding carboxylic acids is 1. The van der Waals surface area contributed by atoms with Crippen LogP contribution in [0.1, 0.15) is 39.5 Å². The molecule has 0 aliphatic carbocycles. The Morgan fingerprint density at radius 2 is 2.43 bits per heavy atom. The fraction of sp³-hybridized carbons (Fsp3) is 0.909. The Kier molecular flexibility index (Phi) is 4.94. The zero-order valence-electron chi connectivity index (χ0n) is 9.31. The van der Waals surface area contributed by atoms with Crippen LogP contribution in [-0.2, 0) is 4.79 Å². The van der Waals surface area contributed by atoms with Gasteiger partial charge in [0.25, 0.3) is 0 Å². The van der Waals surface area contributed by atoms with Crippen LogP contribution in [0.3, 0.4) is 0 Å². The number of nitrogens with one attached hydrogen (secondary N) is 2. The minimum absolute atomic E-state index is 0.168. The topological polar surface area (TPSA) is 41.1 Å². The predicted molar refractivity (Wildman–Crippen MR) is 58.1 cm³/mol. The van der Waals surface area contributed by atoms with Gasteiger partial charge in [-0.05, 0) is 25.8 Å². The number of carbonyl (C=O) groups is 1. The molecule has 2 N–H and O–H groups in total. The summed E-state index contributed by atoms with van der Waals surface area (Å²) in [5.74, 6) is 0.377. The molecule has 0 spiro atoms. The lowest BCUT2D eigenvalue weighted by Crippen LogP contribution is -2.39. The lowest BCUT2D eigenvalue weighted by Gasteiger charge is -2.14. The Hall–Kier alpha value is -0.570. The second-order valence-electron chi connectivity index (χ2n) is 4.23. The van der Waals surface area contributed by atoms with E-state index in [1.807, 2.05) is 6.92 Å². The molecule has 3 nitrogen and oxygen atoms in total. The molecular weight excluding hydrogens is 176 g/mol. The van der Waals surface area contributed by atoms with Crippen LogP contribution in [0.5, 0.6) is 0 Å². The fourth-order valence-electron chi connectivity index (χ4n) is 1.89. The van der Waals surface area contributed by atoms with E-state index in [1.54, 1.807) is 0 Å². The number of amides is 1. The van der Waals surface area contributed by atoms with Gasteiger partial charge in [-0.1, -0.05) is 20.3 Å². The van der Waals surface area contributed by atoms with Crippen molar-refractivity contribution in [2.24, 2.45) is 5.92 Å². The van der Waals surface area contributed by atoms with Gasteiger partial charge in [0.05, 0.1) is 0 Å². The van der Waals surface area contributed by atoms with E-state index in [2.05, 4.69) is 17.6 Å². The Labute approximate surface area is 86.6 Å². The average Bonchev–Trinajstić information content (AvgIpc) is 2.67. The number of rotatable bonds is 5. The molecule has 0 radical (unpaired) electrons. The maximum atomic E-state index is 11.6. The average molecular weight is 198 g/mol. The van der Waals surface area contributed by atoms with Crippen molar-refractivity contribution >= 4 is 5.91 Å². The molecule has 0 aromatic carbocycles. The van der Waals surface area contributed by atoms with Crippen LogP contribution >= 0.6 is 0 Å². The summed E-state index contributed by atoms with van der Waals surface area (Å²) in [6, 6.07) is 0.507. The second-order valence-corrected chi connectivity index (χ2v) is 4.23. The maximum absolute atomic E-state index is 11.6. The maximum Gasteiger partial charge on any atom is 0.222 e. The first-order valence-corrected chi connectivity index (χ1v) is 5.75. The first-order valence-electron chi connectivity index (χ1n) is 5.75. The standard InChI is InChI=1S/C11H22N2O/c1-3-5-9(2)11(14)13-8-10-6-4-7-12-10/h9-10,12H,3-8H2,1-2H3,(H,13,14). The van der Waals surface area contributed by atoms with E-state index < -0.39 is 0 Å². The highest BCUT2D eigenvalue weighted by Gasteiger charge is 2.16. The van der Waals surface area contributed by atoms with Crippen molar-refractivity contribution in [3.8, 4) is 0 Å². The first-order chi connectivity index (χ1) is 6.74. The molecule has 1 amide bonds. The zero-order chi connectivity index (χ0) is 10.4. The molecule has 0 bridgehead atoms. The van der Waals surface area contributed by atoms with Gasteiger partial charge in [-0.15, -0.1) is 0 Å². The highest BCUT2D eigenvalue weighted by Crippen LogP contribution is 2.06. The Morgan fingerprint density at radius 3 is 3.00 bits per heavy atom. The van der Waals surface area contributed by atoms with Gasteiger partial charge in [-0.2, -0.15) is 0 Å². The van der Waals surface area contributed by atoms with Gasteiger partial charge < -0.3 is 10.6 Å². The molecule has 1 aliphatic rings. The molecule has 2 atom stereocenters.